The lowest BCUT2D eigenvalue weighted by atomic mass is 10.1. The monoisotopic (exact) mass is 369 g/mol. The molecule has 7 nitrogen and oxygen atoms in total. The molecular formula is C20H23N3O4. The van der Waals surface area contributed by atoms with Crippen LogP contribution < -0.4 is 15.8 Å². The zero-order valence-corrected chi connectivity index (χ0v) is 15.2. The maximum atomic E-state index is 12.0. The molecule has 0 bridgehead atoms. The summed E-state index contributed by atoms with van der Waals surface area (Å²) in [5.74, 6) is 0.101. The Kier molecular flexibility index (Phi) is 7.37. The number of hydrogen-bond acceptors (Lipinski definition) is 5. The summed E-state index contributed by atoms with van der Waals surface area (Å²) in [6, 6.07) is 14.4. The van der Waals surface area contributed by atoms with Crippen LogP contribution in [0.4, 0.5) is 0 Å². The lowest BCUT2D eigenvalue weighted by Crippen LogP contribution is -2.23. The Balaban J connectivity index is 1.73. The lowest BCUT2D eigenvalue weighted by molar-refractivity contribution is -0.142. The van der Waals surface area contributed by atoms with E-state index in [0.29, 0.717) is 30.7 Å². The van der Waals surface area contributed by atoms with Crippen molar-refractivity contribution in [3.05, 3.63) is 65.2 Å². The van der Waals surface area contributed by atoms with Gasteiger partial charge in [0.05, 0.1) is 7.11 Å². The molecule has 0 aliphatic rings. The van der Waals surface area contributed by atoms with Gasteiger partial charge in [-0.25, -0.2) is 4.79 Å². The zero-order valence-electron chi connectivity index (χ0n) is 15.2. The molecule has 0 unspecified atom stereocenters. The molecule has 0 spiro atoms. The van der Waals surface area contributed by atoms with Crippen molar-refractivity contribution in [3.8, 4) is 5.75 Å². The number of carbonyl (C=O) groups excluding carboxylic acids is 2. The summed E-state index contributed by atoms with van der Waals surface area (Å²) in [5.41, 5.74) is 8.03. The number of rotatable bonds is 9. The first kappa shape index (κ1) is 20.0. The number of ether oxygens (including phenoxy) is 2. The van der Waals surface area contributed by atoms with E-state index in [2.05, 4.69) is 10.1 Å². The maximum absolute atomic E-state index is 12.0. The van der Waals surface area contributed by atoms with E-state index in [9.17, 15) is 9.59 Å². The molecule has 0 saturated heterocycles. The predicted octanol–water partition coefficient (Wildman–Crippen LogP) is 1.77. The Morgan fingerprint density at radius 2 is 1.67 bits per heavy atom. The molecule has 1 amide bonds. The first-order valence-electron chi connectivity index (χ1n) is 8.46. The number of hydrogen-bond donors (Lipinski definition) is 3. The second kappa shape index (κ2) is 9.96. The van der Waals surface area contributed by atoms with Gasteiger partial charge in [-0.15, -0.1) is 0 Å². The van der Waals surface area contributed by atoms with Crippen LogP contribution in [-0.4, -0.2) is 31.4 Å². The van der Waals surface area contributed by atoms with E-state index in [1.807, 2.05) is 24.3 Å². The van der Waals surface area contributed by atoms with Gasteiger partial charge in [-0.3, -0.25) is 10.2 Å². The molecule has 2 aromatic carbocycles. The van der Waals surface area contributed by atoms with Gasteiger partial charge in [-0.05, 0) is 29.7 Å². The second-order valence-corrected chi connectivity index (χ2v) is 5.90. The number of aryl methyl sites for hydroxylation is 1. The van der Waals surface area contributed by atoms with Crippen molar-refractivity contribution in [3.63, 3.8) is 0 Å². The number of amidine groups is 1. The fourth-order valence-electron chi connectivity index (χ4n) is 2.30. The van der Waals surface area contributed by atoms with Gasteiger partial charge < -0.3 is 20.5 Å². The van der Waals surface area contributed by atoms with E-state index in [0.717, 1.165) is 11.1 Å². The highest BCUT2D eigenvalue weighted by Crippen LogP contribution is 2.12. The summed E-state index contributed by atoms with van der Waals surface area (Å²) in [5, 5.41) is 10.2. The molecule has 0 saturated carbocycles. The van der Waals surface area contributed by atoms with Gasteiger partial charge in [-0.1, -0.05) is 36.4 Å². The normalized spacial score (nSPS) is 10.1. The van der Waals surface area contributed by atoms with Crippen molar-refractivity contribution in [2.75, 3.05) is 13.7 Å². The number of nitrogens with two attached hydrogens (primary N) is 1. The Morgan fingerprint density at radius 1 is 1.04 bits per heavy atom. The smallest absolute Gasteiger partial charge is 0.343 e. The number of nitrogen functional groups attached to an aromatic ring is 1. The van der Waals surface area contributed by atoms with Crippen LogP contribution in [0.15, 0.2) is 48.5 Å². The van der Waals surface area contributed by atoms with E-state index in [1.165, 1.54) is 7.11 Å². The van der Waals surface area contributed by atoms with Gasteiger partial charge in [-0.2, -0.15) is 0 Å². The van der Waals surface area contributed by atoms with Crippen LogP contribution in [0.2, 0.25) is 0 Å². The van der Waals surface area contributed by atoms with Crippen molar-refractivity contribution in [1.82, 2.24) is 5.32 Å². The van der Waals surface area contributed by atoms with Crippen molar-refractivity contribution < 1.29 is 19.1 Å². The minimum absolute atomic E-state index is 0.0287. The fraction of sp³-hybridized carbons (Fsp3) is 0.250. The second-order valence-electron chi connectivity index (χ2n) is 5.90. The summed E-state index contributed by atoms with van der Waals surface area (Å²) in [6.07, 6.45) is 0.990. The van der Waals surface area contributed by atoms with Crippen molar-refractivity contribution in [2.45, 2.75) is 19.4 Å². The molecule has 2 rings (SSSR count). The molecule has 0 atom stereocenters. The third kappa shape index (κ3) is 6.81. The Bertz CT molecular complexity index is 786. The van der Waals surface area contributed by atoms with Gasteiger partial charge >= 0.3 is 5.97 Å². The highest BCUT2D eigenvalue weighted by atomic mass is 16.6. The third-order valence-electron chi connectivity index (χ3n) is 3.90. The lowest BCUT2D eigenvalue weighted by Gasteiger charge is -2.08. The van der Waals surface area contributed by atoms with Crippen LogP contribution in [0.1, 0.15) is 23.1 Å². The molecule has 2 aromatic rings. The van der Waals surface area contributed by atoms with Crippen LogP contribution >= 0.6 is 0 Å². The van der Waals surface area contributed by atoms with Gasteiger partial charge in [0.2, 0.25) is 5.91 Å². The molecule has 142 valence electrons. The number of methoxy groups -OCH3 is 1. The van der Waals surface area contributed by atoms with Gasteiger partial charge in [0.15, 0.2) is 6.61 Å². The predicted molar refractivity (Wildman–Crippen MR) is 102 cm³/mol. The highest BCUT2D eigenvalue weighted by Gasteiger charge is 2.05. The van der Waals surface area contributed by atoms with E-state index in [1.54, 1.807) is 24.3 Å². The summed E-state index contributed by atoms with van der Waals surface area (Å²) >= 11 is 0. The molecule has 7 heteroatoms. The Morgan fingerprint density at radius 3 is 2.26 bits per heavy atom. The average molecular weight is 369 g/mol. The number of esters is 1. The van der Waals surface area contributed by atoms with Crippen molar-refractivity contribution >= 4 is 17.7 Å². The summed E-state index contributed by atoms with van der Waals surface area (Å²) in [7, 11) is 1.30. The topological polar surface area (TPSA) is 114 Å². The van der Waals surface area contributed by atoms with E-state index >= 15 is 0 Å². The molecule has 0 aromatic heterocycles. The van der Waals surface area contributed by atoms with Crippen molar-refractivity contribution in [2.24, 2.45) is 5.73 Å². The minimum atomic E-state index is -0.442. The molecule has 0 radical (unpaired) electrons. The highest BCUT2D eigenvalue weighted by molar-refractivity contribution is 5.94. The van der Waals surface area contributed by atoms with Crippen LogP contribution in [0.5, 0.6) is 5.75 Å². The SMILES string of the molecule is COC(=O)COc1ccc(CNC(=O)CCc2ccc(C(=N)N)cc2)cc1. The molecule has 0 aliphatic heterocycles. The van der Waals surface area contributed by atoms with Crippen LogP contribution in [0.25, 0.3) is 0 Å². The number of carbonyl (C=O) groups is 2. The standard InChI is InChI=1S/C20H23N3O4/c1-26-19(25)13-27-17-9-4-15(5-10-17)12-23-18(24)11-6-14-2-7-16(8-3-14)20(21)22/h2-5,7-10H,6,11-13H2,1H3,(H3,21,22)(H,23,24). The molecule has 0 aliphatic carbocycles. The molecule has 0 heterocycles. The number of amides is 1. The zero-order chi connectivity index (χ0) is 19.6. The molecule has 0 fully saturated rings. The number of benzene rings is 2. The number of nitrogens with one attached hydrogen (secondary N) is 2. The summed E-state index contributed by atoms with van der Waals surface area (Å²) < 4.78 is 9.77. The third-order valence-corrected chi connectivity index (χ3v) is 3.90. The van der Waals surface area contributed by atoms with Gasteiger partial charge in [0.1, 0.15) is 11.6 Å². The maximum Gasteiger partial charge on any atom is 0.343 e. The van der Waals surface area contributed by atoms with E-state index < -0.39 is 5.97 Å². The summed E-state index contributed by atoms with van der Waals surface area (Å²) in [6.45, 7) is 0.277. The van der Waals surface area contributed by atoms with Crippen LogP contribution in [0.3, 0.4) is 0 Å². The molecule has 4 N–H and O–H groups in total. The van der Waals surface area contributed by atoms with E-state index in [-0.39, 0.29) is 18.3 Å². The minimum Gasteiger partial charge on any atom is -0.482 e. The first-order valence-corrected chi connectivity index (χ1v) is 8.46. The quantitative estimate of drug-likeness (QED) is 0.354. The molecular weight excluding hydrogens is 346 g/mol. The fourth-order valence-corrected chi connectivity index (χ4v) is 2.30. The Labute approximate surface area is 158 Å². The largest absolute Gasteiger partial charge is 0.482 e. The average Bonchev–Trinajstić information content (AvgIpc) is 2.69. The van der Waals surface area contributed by atoms with Crippen LogP contribution in [-0.2, 0) is 27.3 Å². The van der Waals surface area contributed by atoms with E-state index in [4.69, 9.17) is 15.9 Å². The van der Waals surface area contributed by atoms with Crippen molar-refractivity contribution in [1.29, 1.82) is 5.41 Å². The molecule has 27 heavy (non-hydrogen) atoms. The van der Waals surface area contributed by atoms with Gasteiger partial charge in [0, 0.05) is 18.5 Å². The summed E-state index contributed by atoms with van der Waals surface area (Å²) in [4.78, 5) is 23.0. The van der Waals surface area contributed by atoms with Gasteiger partial charge in [0.25, 0.3) is 0 Å². The first-order chi connectivity index (χ1) is 13.0. The van der Waals surface area contributed by atoms with Crippen LogP contribution in [0, 0.1) is 5.41 Å². The Hall–Kier alpha value is -3.35.